The van der Waals surface area contributed by atoms with Crippen LogP contribution in [0.3, 0.4) is 0 Å². The fourth-order valence-electron chi connectivity index (χ4n) is 1.76. The molecule has 0 aliphatic carbocycles. The predicted octanol–water partition coefficient (Wildman–Crippen LogP) is 2.13. The van der Waals surface area contributed by atoms with Gasteiger partial charge in [0.05, 0.1) is 11.1 Å². The van der Waals surface area contributed by atoms with Crippen LogP contribution in [0.2, 0.25) is 0 Å². The molecule has 0 unspecified atom stereocenters. The van der Waals surface area contributed by atoms with E-state index in [1.54, 1.807) is 28.8 Å². The average Bonchev–Trinajstić information content (AvgIpc) is 2.17. The fraction of sp³-hybridized carbons (Fsp3) is 0.250. The van der Waals surface area contributed by atoms with Gasteiger partial charge in [0, 0.05) is 12.3 Å². The summed E-state index contributed by atoms with van der Waals surface area (Å²) in [5, 5.41) is 9.75. The Hall–Kier alpha value is -1.77. The third-order valence-corrected chi connectivity index (χ3v) is 2.48. The van der Waals surface area contributed by atoms with Crippen molar-refractivity contribution in [1.29, 1.82) is 0 Å². The summed E-state index contributed by atoms with van der Waals surface area (Å²) in [7, 11) is 0. The summed E-state index contributed by atoms with van der Waals surface area (Å²) in [6, 6.07) is 7.06. The molecule has 0 bridgehead atoms. The SMILES string of the molecule is CC(C)c1c(O)cc2ccccn2c1=O. The summed E-state index contributed by atoms with van der Waals surface area (Å²) in [6.45, 7) is 3.79. The van der Waals surface area contributed by atoms with Crippen LogP contribution in [-0.4, -0.2) is 9.51 Å². The quantitative estimate of drug-likeness (QED) is 0.771. The summed E-state index contributed by atoms with van der Waals surface area (Å²) in [6.07, 6.45) is 1.71. The molecule has 0 saturated carbocycles. The van der Waals surface area contributed by atoms with Crippen molar-refractivity contribution in [2.24, 2.45) is 0 Å². The number of hydrogen-bond donors (Lipinski definition) is 1. The van der Waals surface area contributed by atoms with E-state index in [1.807, 2.05) is 19.9 Å². The van der Waals surface area contributed by atoms with Gasteiger partial charge in [-0.25, -0.2) is 0 Å². The summed E-state index contributed by atoms with van der Waals surface area (Å²) >= 11 is 0. The Labute approximate surface area is 87.6 Å². The highest BCUT2D eigenvalue weighted by molar-refractivity contribution is 5.53. The largest absolute Gasteiger partial charge is 0.507 e. The van der Waals surface area contributed by atoms with Crippen molar-refractivity contribution in [3.8, 4) is 5.75 Å². The molecule has 3 nitrogen and oxygen atoms in total. The van der Waals surface area contributed by atoms with E-state index >= 15 is 0 Å². The van der Waals surface area contributed by atoms with Crippen LogP contribution >= 0.6 is 0 Å². The summed E-state index contributed by atoms with van der Waals surface area (Å²) in [5.74, 6) is 0.107. The minimum Gasteiger partial charge on any atom is -0.507 e. The van der Waals surface area contributed by atoms with Crippen molar-refractivity contribution >= 4 is 5.52 Å². The number of aromatic nitrogens is 1. The van der Waals surface area contributed by atoms with Crippen LogP contribution in [-0.2, 0) is 0 Å². The van der Waals surface area contributed by atoms with E-state index in [-0.39, 0.29) is 17.2 Å². The van der Waals surface area contributed by atoms with Gasteiger partial charge in [-0.3, -0.25) is 9.20 Å². The van der Waals surface area contributed by atoms with Crippen LogP contribution < -0.4 is 5.56 Å². The lowest BCUT2D eigenvalue weighted by Crippen LogP contribution is -2.18. The second-order valence-electron chi connectivity index (χ2n) is 3.90. The predicted molar refractivity (Wildman–Crippen MR) is 59.4 cm³/mol. The molecule has 2 rings (SSSR count). The number of fused-ring (bicyclic) bond motifs is 1. The van der Waals surface area contributed by atoms with Crippen molar-refractivity contribution < 1.29 is 5.11 Å². The van der Waals surface area contributed by atoms with Crippen molar-refractivity contribution in [1.82, 2.24) is 4.40 Å². The van der Waals surface area contributed by atoms with Gasteiger partial charge < -0.3 is 5.11 Å². The van der Waals surface area contributed by atoms with E-state index in [9.17, 15) is 9.90 Å². The summed E-state index contributed by atoms with van der Waals surface area (Å²) in [5.41, 5.74) is 1.05. The standard InChI is InChI=1S/C12H13NO2/c1-8(2)11-10(14)7-9-5-3-4-6-13(9)12(11)15/h3-8,14H,1-2H3. The molecule has 15 heavy (non-hydrogen) atoms. The minimum atomic E-state index is -0.138. The molecule has 0 aromatic carbocycles. The van der Waals surface area contributed by atoms with Crippen LogP contribution in [0, 0.1) is 0 Å². The van der Waals surface area contributed by atoms with Crippen molar-refractivity contribution in [2.75, 3.05) is 0 Å². The maximum Gasteiger partial charge on any atom is 0.262 e. The zero-order chi connectivity index (χ0) is 11.0. The minimum absolute atomic E-state index is 0.0228. The molecule has 1 N–H and O–H groups in total. The Morgan fingerprint density at radius 3 is 2.73 bits per heavy atom. The van der Waals surface area contributed by atoms with Crippen LogP contribution in [0.15, 0.2) is 35.3 Å². The van der Waals surface area contributed by atoms with Gasteiger partial charge in [-0.2, -0.15) is 0 Å². The van der Waals surface area contributed by atoms with Crippen molar-refractivity contribution in [3.63, 3.8) is 0 Å². The first-order valence-corrected chi connectivity index (χ1v) is 4.94. The monoisotopic (exact) mass is 203 g/mol. The van der Waals surface area contributed by atoms with Gasteiger partial charge >= 0.3 is 0 Å². The third kappa shape index (κ3) is 1.50. The first-order valence-electron chi connectivity index (χ1n) is 4.94. The number of nitrogens with zero attached hydrogens (tertiary/aromatic N) is 1. The molecule has 0 spiro atoms. The smallest absolute Gasteiger partial charge is 0.262 e. The highest BCUT2D eigenvalue weighted by Gasteiger charge is 2.12. The molecule has 3 heteroatoms. The van der Waals surface area contributed by atoms with Crippen LogP contribution in [0.25, 0.3) is 5.52 Å². The molecule has 2 heterocycles. The maximum absolute atomic E-state index is 12.0. The van der Waals surface area contributed by atoms with Crippen LogP contribution in [0.5, 0.6) is 5.75 Å². The maximum atomic E-state index is 12.0. The van der Waals surface area contributed by atoms with E-state index in [4.69, 9.17) is 0 Å². The molecular weight excluding hydrogens is 190 g/mol. The van der Waals surface area contributed by atoms with Gasteiger partial charge in [0.25, 0.3) is 5.56 Å². The molecule has 0 radical (unpaired) electrons. The lowest BCUT2D eigenvalue weighted by molar-refractivity contribution is 0.463. The van der Waals surface area contributed by atoms with E-state index in [1.165, 1.54) is 0 Å². The Kier molecular flexibility index (Phi) is 2.23. The zero-order valence-electron chi connectivity index (χ0n) is 8.77. The van der Waals surface area contributed by atoms with Crippen LogP contribution in [0.4, 0.5) is 0 Å². The van der Waals surface area contributed by atoms with E-state index in [0.29, 0.717) is 11.1 Å². The van der Waals surface area contributed by atoms with Gasteiger partial charge in [0.1, 0.15) is 5.75 Å². The fourth-order valence-corrected chi connectivity index (χ4v) is 1.76. The van der Waals surface area contributed by atoms with Gasteiger partial charge in [0.15, 0.2) is 0 Å². The third-order valence-electron chi connectivity index (χ3n) is 2.48. The Bertz CT molecular complexity index is 555. The number of hydrogen-bond acceptors (Lipinski definition) is 2. The first-order chi connectivity index (χ1) is 7.11. The Balaban J connectivity index is 2.91. The Morgan fingerprint density at radius 2 is 2.07 bits per heavy atom. The van der Waals surface area contributed by atoms with Crippen LogP contribution in [0.1, 0.15) is 25.3 Å². The van der Waals surface area contributed by atoms with Crippen molar-refractivity contribution in [2.45, 2.75) is 19.8 Å². The summed E-state index contributed by atoms with van der Waals surface area (Å²) in [4.78, 5) is 12.0. The van der Waals surface area contributed by atoms with Gasteiger partial charge in [-0.15, -0.1) is 0 Å². The molecule has 78 valence electrons. The highest BCUT2D eigenvalue weighted by Crippen LogP contribution is 2.22. The first kappa shape index (κ1) is 9.77. The van der Waals surface area contributed by atoms with E-state index < -0.39 is 0 Å². The molecule has 2 aromatic rings. The normalized spacial score (nSPS) is 11.1. The molecule has 0 amide bonds. The number of rotatable bonds is 1. The average molecular weight is 203 g/mol. The highest BCUT2D eigenvalue weighted by atomic mass is 16.3. The van der Waals surface area contributed by atoms with Gasteiger partial charge in [-0.1, -0.05) is 19.9 Å². The topological polar surface area (TPSA) is 41.7 Å². The molecule has 0 saturated heterocycles. The number of aromatic hydroxyl groups is 1. The molecule has 2 aromatic heterocycles. The van der Waals surface area contributed by atoms with Crippen molar-refractivity contribution in [3.05, 3.63) is 46.4 Å². The molecular formula is C12H13NO2. The second kappa shape index (κ2) is 3.42. The zero-order valence-corrected chi connectivity index (χ0v) is 8.77. The Morgan fingerprint density at radius 1 is 1.33 bits per heavy atom. The number of pyridine rings is 2. The van der Waals surface area contributed by atoms with Gasteiger partial charge in [-0.05, 0) is 18.1 Å². The summed E-state index contributed by atoms with van der Waals surface area (Å²) < 4.78 is 1.55. The van der Waals surface area contributed by atoms with E-state index in [2.05, 4.69) is 0 Å². The lowest BCUT2D eigenvalue weighted by Gasteiger charge is -2.09. The molecule has 0 aliphatic heterocycles. The molecule has 0 aliphatic rings. The van der Waals surface area contributed by atoms with E-state index in [0.717, 1.165) is 0 Å². The second-order valence-corrected chi connectivity index (χ2v) is 3.90. The molecule has 0 atom stereocenters. The molecule has 0 fully saturated rings. The van der Waals surface area contributed by atoms with Gasteiger partial charge in [0.2, 0.25) is 0 Å². The lowest BCUT2D eigenvalue weighted by atomic mass is 10.0.